The van der Waals surface area contributed by atoms with Gasteiger partial charge in [0.15, 0.2) is 11.2 Å². The molecule has 0 saturated carbocycles. The van der Waals surface area contributed by atoms with Gasteiger partial charge in [-0.05, 0) is 187 Å². The zero-order valence-electron chi connectivity index (χ0n) is 57.1. The third-order valence-corrected chi connectivity index (χ3v) is 23.0. The van der Waals surface area contributed by atoms with Crippen molar-refractivity contribution in [2.75, 3.05) is 9.80 Å². The standard InChI is InChI=1S/C96H60N2O6/c1-95(2)73-23-11-7-19-67(73)89-75(95)51-77(93-91(89)69-21-9-15-27-81(69)103-93)97(61-35-33-53-41-59(31-29-55(53)43-61)83-45-57-17-5-13-25-79(57)99-83)63-37-39-65-71-49-88-72(50-87(71)101-85(65)47-63)66-40-38-64(48-86(66)102-88)98(62-36-34-54-42-60(32-30-56(54)44-62)84-46-58-18-6-14-26-80(58)100-84)78-52-76-90(68-20-8-12-24-74(68)96(76,3)4)92-70-22-10-16-28-82(70)104-94(78)92/h5-52H,1-4H3. The van der Waals surface area contributed by atoms with E-state index in [1.807, 2.05) is 36.4 Å². The molecular weight excluding hydrogens is 1280 g/mol. The molecule has 23 rings (SSSR count). The molecule has 0 atom stereocenters. The third-order valence-electron chi connectivity index (χ3n) is 23.0. The topological polar surface area (TPSA) is 85.3 Å². The molecule has 6 aromatic heterocycles. The van der Waals surface area contributed by atoms with Gasteiger partial charge in [0, 0.05) is 99.3 Å². The number of anilines is 6. The Balaban J connectivity index is 0.683. The minimum absolute atomic E-state index is 0.309. The summed E-state index contributed by atoms with van der Waals surface area (Å²) >= 11 is 0. The first-order valence-corrected chi connectivity index (χ1v) is 35.6. The van der Waals surface area contributed by atoms with Crippen LogP contribution in [0, 0.1) is 0 Å². The largest absolute Gasteiger partial charge is 0.456 e. The number of fused-ring (bicyclic) bond motifs is 24. The Morgan fingerprint density at radius 2 is 0.615 bits per heavy atom. The van der Waals surface area contributed by atoms with Crippen molar-refractivity contribution in [2.45, 2.75) is 38.5 Å². The Morgan fingerprint density at radius 3 is 1.08 bits per heavy atom. The van der Waals surface area contributed by atoms with Crippen molar-refractivity contribution in [3.05, 3.63) is 313 Å². The second-order valence-electron chi connectivity index (χ2n) is 29.5. The predicted molar refractivity (Wildman–Crippen MR) is 425 cm³/mol. The summed E-state index contributed by atoms with van der Waals surface area (Å²) in [5.41, 5.74) is 25.2. The van der Waals surface area contributed by atoms with Crippen molar-refractivity contribution in [1.82, 2.24) is 0 Å². The summed E-state index contributed by atoms with van der Waals surface area (Å²) in [4.78, 5) is 4.73. The summed E-state index contributed by atoms with van der Waals surface area (Å²) in [5, 5.41) is 14.8. The van der Waals surface area contributed by atoms with Crippen LogP contribution in [-0.2, 0) is 10.8 Å². The maximum absolute atomic E-state index is 7.17. The molecule has 21 aromatic rings. The molecule has 0 unspecified atom stereocenters. The molecule has 6 heterocycles. The van der Waals surface area contributed by atoms with E-state index >= 15 is 0 Å². The van der Waals surface area contributed by atoms with Crippen LogP contribution in [0.5, 0.6) is 0 Å². The Bertz CT molecular complexity index is 6840. The zero-order valence-corrected chi connectivity index (χ0v) is 57.1. The molecule has 490 valence electrons. The highest BCUT2D eigenvalue weighted by atomic mass is 16.4. The Kier molecular flexibility index (Phi) is 11.4. The van der Waals surface area contributed by atoms with Gasteiger partial charge in [0.1, 0.15) is 56.2 Å². The van der Waals surface area contributed by atoms with Gasteiger partial charge >= 0.3 is 0 Å². The summed E-state index contributed by atoms with van der Waals surface area (Å²) in [6.07, 6.45) is 0. The lowest BCUT2D eigenvalue weighted by molar-refractivity contribution is 0.631. The second-order valence-corrected chi connectivity index (χ2v) is 29.5. The minimum atomic E-state index is -0.309. The van der Waals surface area contributed by atoms with Crippen molar-refractivity contribution < 1.29 is 26.5 Å². The Hall–Kier alpha value is -13.3. The SMILES string of the molecule is CC1(C)c2ccccc2-c2c1cc(N(c1ccc3cc(-c4cc5ccccc5o4)ccc3c1)c1ccc3c(c1)oc1cc4c(cc13)oc1cc(N(c3ccc5cc(-c6cc7ccccc7o6)ccc5c3)c3cc5c(c6c3oc3ccccc36)-c3ccccc3C5(C)C)ccc14)c1oc3ccccc3c21. The average molecular weight is 1340 g/mol. The molecule has 8 heteroatoms. The smallest absolute Gasteiger partial charge is 0.160 e. The Labute approximate surface area is 595 Å². The summed E-state index contributed by atoms with van der Waals surface area (Å²) < 4.78 is 41.4. The molecule has 8 nitrogen and oxygen atoms in total. The fourth-order valence-corrected chi connectivity index (χ4v) is 17.9. The Morgan fingerprint density at radius 1 is 0.240 bits per heavy atom. The molecule has 0 spiro atoms. The minimum Gasteiger partial charge on any atom is -0.456 e. The van der Waals surface area contributed by atoms with Crippen molar-refractivity contribution in [2.24, 2.45) is 0 Å². The predicted octanol–water partition coefficient (Wildman–Crippen LogP) is 28.0. The van der Waals surface area contributed by atoms with E-state index < -0.39 is 0 Å². The molecule has 2 aliphatic rings. The lowest BCUT2D eigenvalue weighted by Crippen LogP contribution is -2.16. The first-order chi connectivity index (χ1) is 51.0. The van der Waals surface area contributed by atoms with Gasteiger partial charge < -0.3 is 36.3 Å². The van der Waals surface area contributed by atoms with Crippen LogP contribution in [-0.4, -0.2) is 0 Å². The van der Waals surface area contributed by atoms with E-state index in [2.05, 4.69) is 292 Å². The van der Waals surface area contributed by atoms with E-state index in [0.29, 0.717) is 0 Å². The monoisotopic (exact) mass is 1340 g/mol. The van der Waals surface area contributed by atoms with Crippen LogP contribution >= 0.6 is 0 Å². The molecule has 0 fully saturated rings. The fourth-order valence-electron chi connectivity index (χ4n) is 17.9. The maximum atomic E-state index is 7.17. The van der Waals surface area contributed by atoms with Crippen molar-refractivity contribution in [3.63, 3.8) is 0 Å². The zero-order chi connectivity index (χ0) is 68.6. The van der Waals surface area contributed by atoms with Gasteiger partial charge in [0.2, 0.25) is 0 Å². The molecule has 0 saturated heterocycles. The maximum Gasteiger partial charge on any atom is 0.160 e. The first kappa shape index (κ1) is 57.5. The van der Waals surface area contributed by atoms with Crippen molar-refractivity contribution in [3.8, 4) is 44.9 Å². The number of benzene rings is 15. The number of nitrogens with zero attached hydrogens (tertiary/aromatic N) is 2. The van der Waals surface area contributed by atoms with Gasteiger partial charge in [-0.25, -0.2) is 0 Å². The molecule has 0 radical (unpaired) electrons. The molecule has 2 aliphatic carbocycles. The van der Waals surface area contributed by atoms with Gasteiger partial charge in [-0.1, -0.05) is 185 Å². The highest BCUT2D eigenvalue weighted by Crippen LogP contribution is 2.59. The van der Waals surface area contributed by atoms with Gasteiger partial charge in [-0.2, -0.15) is 0 Å². The van der Waals surface area contributed by atoms with Crippen LogP contribution in [0.3, 0.4) is 0 Å². The number of hydrogen-bond donors (Lipinski definition) is 0. The number of furan rings is 6. The van der Waals surface area contributed by atoms with E-state index in [-0.39, 0.29) is 10.8 Å². The van der Waals surface area contributed by atoms with Gasteiger partial charge in [0.05, 0.1) is 22.7 Å². The normalized spacial score (nSPS) is 13.7. The van der Waals surface area contributed by atoms with Gasteiger partial charge in [-0.3, -0.25) is 0 Å². The highest BCUT2D eigenvalue weighted by Gasteiger charge is 2.41. The first-order valence-electron chi connectivity index (χ1n) is 35.6. The van der Waals surface area contributed by atoms with Gasteiger partial charge in [0.25, 0.3) is 0 Å². The quantitative estimate of drug-likeness (QED) is 0.149. The van der Waals surface area contributed by atoms with E-state index in [1.54, 1.807) is 0 Å². The van der Waals surface area contributed by atoms with Gasteiger partial charge in [-0.15, -0.1) is 0 Å². The van der Waals surface area contributed by atoms with Crippen molar-refractivity contribution >= 4 is 165 Å². The molecule has 0 aliphatic heterocycles. The van der Waals surface area contributed by atoms with E-state index in [1.165, 1.54) is 44.5 Å². The molecule has 0 N–H and O–H groups in total. The average Bonchev–Trinajstić information content (AvgIpc) is 1.54. The molecule has 0 amide bonds. The van der Waals surface area contributed by atoms with Crippen LogP contribution in [0.2, 0.25) is 0 Å². The molecule has 15 aromatic carbocycles. The number of para-hydroxylation sites is 4. The van der Waals surface area contributed by atoms with E-state index in [9.17, 15) is 0 Å². The van der Waals surface area contributed by atoms with E-state index in [4.69, 9.17) is 26.5 Å². The third kappa shape index (κ3) is 8.07. The molecule has 0 bridgehead atoms. The van der Waals surface area contributed by atoms with Crippen LogP contribution in [0.1, 0.15) is 49.9 Å². The lowest BCUT2D eigenvalue weighted by atomic mass is 9.82. The summed E-state index contributed by atoms with van der Waals surface area (Å²) in [6.45, 7) is 9.40. The summed E-state index contributed by atoms with van der Waals surface area (Å²) in [6, 6.07) is 104. The second kappa shape index (κ2) is 20.7. The number of rotatable bonds is 8. The molecule has 104 heavy (non-hydrogen) atoms. The highest BCUT2D eigenvalue weighted by molar-refractivity contribution is 6.22. The fraction of sp³-hybridized carbons (Fsp3) is 0.0625. The number of hydrogen-bond acceptors (Lipinski definition) is 8. The van der Waals surface area contributed by atoms with Crippen molar-refractivity contribution in [1.29, 1.82) is 0 Å². The summed E-state index contributed by atoms with van der Waals surface area (Å²) in [7, 11) is 0. The van der Waals surface area contributed by atoms with Crippen LogP contribution < -0.4 is 9.80 Å². The van der Waals surface area contributed by atoms with Crippen LogP contribution in [0.15, 0.2) is 318 Å². The van der Waals surface area contributed by atoms with Crippen LogP contribution in [0.4, 0.5) is 34.1 Å². The lowest BCUT2D eigenvalue weighted by Gasteiger charge is -2.28. The summed E-state index contributed by atoms with van der Waals surface area (Å²) in [5.74, 6) is 1.68. The van der Waals surface area contributed by atoms with Crippen LogP contribution in [0.25, 0.3) is 176 Å². The van der Waals surface area contributed by atoms with E-state index in [0.717, 1.165) is 188 Å². The molecular formula is C96H60N2O6.